The molecule has 23 heavy (non-hydrogen) atoms. The van der Waals surface area contributed by atoms with Crippen LogP contribution >= 0.6 is 11.8 Å². The third kappa shape index (κ3) is 3.89. The summed E-state index contributed by atoms with van der Waals surface area (Å²) in [6.07, 6.45) is 6.95. The fourth-order valence-electron chi connectivity index (χ4n) is 2.65. The lowest BCUT2D eigenvalue weighted by molar-refractivity contribution is 0.0627. The van der Waals surface area contributed by atoms with Crippen molar-refractivity contribution in [2.75, 3.05) is 39.0 Å². The molecule has 8 heteroatoms. The first-order valence-corrected chi connectivity index (χ1v) is 8.83. The standard InChI is InChI=1S/C15H20N6OS/c1-23-14-13(3-2-4-17-14)15(22)20-8-5-19(6-9-20)7-10-21-12-16-11-18-21/h2-4,11-12H,5-10H2,1H3. The number of pyridine rings is 1. The summed E-state index contributed by atoms with van der Waals surface area (Å²) in [4.78, 5) is 25.2. The molecule has 1 amide bonds. The van der Waals surface area contributed by atoms with Gasteiger partial charge in [0.05, 0.1) is 12.1 Å². The molecule has 1 aliphatic heterocycles. The Hall–Kier alpha value is -1.93. The predicted molar refractivity (Wildman–Crippen MR) is 88.4 cm³/mol. The van der Waals surface area contributed by atoms with Gasteiger partial charge < -0.3 is 4.90 Å². The average Bonchev–Trinajstić information content (AvgIpc) is 3.13. The Kier molecular flexibility index (Phi) is 5.24. The second-order valence-corrected chi connectivity index (χ2v) is 6.15. The second kappa shape index (κ2) is 7.56. The van der Waals surface area contributed by atoms with E-state index in [9.17, 15) is 4.79 Å². The van der Waals surface area contributed by atoms with Crippen LogP contribution in [-0.4, -0.2) is 74.4 Å². The normalized spacial score (nSPS) is 15.8. The summed E-state index contributed by atoms with van der Waals surface area (Å²) in [5.74, 6) is 0.0818. The maximum atomic E-state index is 12.7. The Morgan fingerprint density at radius 1 is 1.26 bits per heavy atom. The van der Waals surface area contributed by atoms with Gasteiger partial charge in [0.1, 0.15) is 17.7 Å². The number of hydrogen-bond donors (Lipinski definition) is 0. The van der Waals surface area contributed by atoms with Crippen molar-refractivity contribution < 1.29 is 4.79 Å². The van der Waals surface area contributed by atoms with Crippen molar-refractivity contribution in [1.29, 1.82) is 0 Å². The topological polar surface area (TPSA) is 67.2 Å². The van der Waals surface area contributed by atoms with Crippen molar-refractivity contribution in [1.82, 2.24) is 29.5 Å². The van der Waals surface area contributed by atoms with E-state index in [1.165, 1.54) is 11.8 Å². The van der Waals surface area contributed by atoms with Crippen molar-refractivity contribution in [2.45, 2.75) is 11.6 Å². The molecule has 3 rings (SSSR count). The summed E-state index contributed by atoms with van der Waals surface area (Å²) in [5, 5.41) is 4.90. The van der Waals surface area contributed by atoms with Crippen LogP contribution in [0.3, 0.4) is 0 Å². The minimum atomic E-state index is 0.0818. The zero-order valence-corrected chi connectivity index (χ0v) is 13.9. The molecule has 0 unspecified atom stereocenters. The molecule has 0 atom stereocenters. The summed E-state index contributed by atoms with van der Waals surface area (Å²) in [7, 11) is 0. The molecule has 0 radical (unpaired) electrons. The van der Waals surface area contributed by atoms with Gasteiger partial charge in [0, 0.05) is 38.9 Å². The Labute approximate surface area is 139 Å². The monoisotopic (exact) mass is 332 g/mol. The maximum Gasteiger partial charge on any atom is 0.256 e. The molecule has 1 aliphatic rings. The van der Waals surface area contributed by atoms with E-state index >= 15 is 0 Å². The summed E-state index contributed by atoms with van der Waals surface area (Å²) < 4.78 is 1.83. The smallest absolute Gasteiger partial charge is 0.256 e. The van der Waals surface area contributed by atoms with Crippen LogP contribution in [0, 0.1) is 0 Å². The minimum Gasteiger partial charge on any atom is -0.336 e. The molecule has 3 heterocycles. The minimum absolute atomic E-state index is 0.0818. The van der Waals surface area contributed by atoms with E-state index in [0.29, 0.717) is 5.56 Å². The van der Waals surface area contributed by atoms with E-state index in [-0.39, 0.29) is 5.91 Å². The highest BCUT2D eigenvalue weighted by molar-refractivity contribution is 7.98. The van der Waals surface area contributed by atoms with Crippen LogP contribution in [0.15, 0.2) is 36.0 Å². The number of thioether (sulfide) groups is 1. The third-order valence-electron chi connectivity index (χ3n) is 3.97. The Morgan fingerprint density at radius 2 is 2.09 bits per heavy atom. The van der Waals surface area contributed by atoms with Gasteiger partial charge in [-0.3, -0.25) is 14.4 Å². The van der Waals surface area contributed by atoms with Crippen molar-refractivity contribution >= 4 is 17.7 Å². The summed E-state index contributed by atoms with van der Waals surface area (Å²) >= 11 is 1.51. The summed E-state index contributed by atoms with van der Waals surface area (Å²) in [6.45, 7) is 5.02. The van der Waals surface area contributed by atoms with Crippen molar-refractivity contribution in [3.8, 4) is 0 Å². The Bertz CT molecular complexity index is 639. The van der Waals surface area contributed by atoms with Crippen LogP contribution in [0.5, 0.6) is 0 Å². The van der Waals surface area contributed by atoms with Crippen LogP contribution in [-0.2, 0) is 6.54 Å². The van der Waals surface area contributed by atoms with Crippen molar-refractivity contribution in [3.63, 3.8) is 0 Å². The third-order valence-corrected chi connectivity index (χ3v) is 4.68. The summed E-state index contributed by atoms with van der Waals surface area (Å²) in [6, 6.07) is 3.68. The van der Waals surface area contributed by atoms with Crippen LogP contribution < -0.4 is 0 Å². The van der Waals surface area contributed by atoms with E-state index in [1.807, 2.05) is 28.0 Å². The lowest BCUT2D eigenvalue weighted by Crippen LogP contribution is -2.49. The largest absolute Gasteiger partial charge is 0.336 e. The lowest BCUT2D eigenvalue weighted by atomic mass is 10.2. The highest BCUT2D eigenvalue weighted by Crippen LogP contribution is 2.19. The lowest BCUT2D eigenvalue weighted by Gasteiger charge is -2.34. The SMILES string of the molecule is CSc1ncccc1C(=O)N1CCN(CCn2cncn2)CC1. The van der Waals surface area contributed by atoms with E-state index in [4.69, 9.17) is 0 Å². The van der Waals surface area contributed by atoms with Gasteiger partial charge in [0.25, 0.3) is 5.91 Å². The molecule has 0 saturated carbocycles. The molecular formula is C15H20N6OS. The number of carbonyl (C=O) groups excluding carboxylic acids is 1. The molecule has 7 nitrogen and oxygen atoms in total. The number of nitrogens with zero attached hydrogens (tertiary/aromatic N) is 6. The highest BCUT2D eigenvalue weighted by Gasteiger charge is 2.23. The Balaban J connectivity index is 1.53. The first kappa shape index (κ1) is 15.9. The van der Waals surface area contributed by atoms with Gasteiger partial charge >= 0.3 is 0 Å². The molecular weight excluding hydrogens is 312 g/mol. The fraction of sp³-hybridized carbons (Fsp3) is 0.467. The fourth-order valence-corrected chi connectivity index (χ4v) is 3.19. The molecule has 2 aromatic heterocycles. The van der Waals surface area contributed by atoms with Crippen LogP contribution in [0.1, 0.15) is 10.4 Å². The first-order valence-electron chi connectivity index (χ1n) is 7.61. The number of rotatable bonds is 5. The van der Waals surface area contributed by atoms with Gasteiger partial charge in [-0.15, -0.1) is 11.8 Å². The zero-order chi connectivity index (χ0) is 16.1. The molecule has 2 aromatic rings. The second-order valence-electron chi connectivity index (χ2n) is 5.35. The number of amides is 1. The average molecular weight is 332 g/mol. The van der Waals surface area contributed by atoms with Gasteiger partial charge in [0.15, 0.2) is 0 Å². The number of piperazine rings is 1. The first-order chi connectivity index (χ1) is 11.3. The van der Waals surface area contributed by atoms with Crippen molar-refractivity contribution in [2.24, 2.45) is 0 Å². The molecule has 0 spiro atoms. The molecule has 0 N–H and O–H groups in total. The van der Waals surface area contributed by atoms with Gasteiger partial charge in [-0.1, -0.05) is 0 Å². The van der Waals surface area contributed by atoms with E-state index in [1.54, 1.807) is 18.9 Å². The van der Waals surface area contributed by atoms with Gasteiger partial charge in [0.2, 0.25) is 0 Å². The number of aromatic nitrogens is 4. The van der Waals surface area contributed by atoms with Crippen LogP contribution in [0.2, 0.25) is 0 Å². The molecule has 1 saturated heterocycles. The maximum absolute atomic E-state index is 12.7. The van der Waals surface area contributed by atoms with E-state index in [0.717, 1.165) is 44.3 Å². The quantitative estimate of drug-likeness (QED) is 0.757. The molecule has 0 aromatic carbocycles. The van der Waals surface area contributed by atoms with E-state index in [2.05, 4.69) is 20.0 Å². The van der Waals surface area contributed by atoms with Crippen molar-refractivity contribution in [3.05, 3.63) is 36.5 Å². The van der Waals surface area contributed by atoms with Gasteiger partial charge in [-0.25, -0.2) is 9.97 Å². The summed E-state index contributed by atoms with van der Waals surface area (Å²) in [5.41, 5.74) is 0.705. The Morgan fingerprint density at radius 3 is 2.78 bits per heavy atom. The number of hydrogen-bond acceptors (Lipinski definition) is 6. The molecule has 1 fully saturated rings. The molecule has 122 valence electrons. The molecule has 0 bridgehead atoms. The predicted octanol–water partition coefficient (Wildman–Crippen LogP) is 0.853. The van der Waals surface area contributed by atoms with Crippen LogP contribution in [0.4, 0.5) is 0 Å². The highest BCUT2D eigenvalue weighted by atomic mass is 32.2. The number of carbonyl (C=O) groups is 1. The molecule has 0 aliphatic carbocycles. The van der Waals surface area contributed by atoms with Gasteiger partial charge in [-0.2, -0.15) is 5.10 Å². The van der Waals surface area contributed by atoms with Gasteiger partial charge in [-0.05, 0) is 18.4 Å². The van der Waals surface area contributed by atoms with E-state index < -0.39 is 0 Å². The zero-order valence-electron chi connectivity index (χ0n) is 13.1. The van der Waals surface area contributed by atoms with Crippen LogP contribution in [0.25, 0.3) is 0 Å².